The minimum absolute atomic E-state index is 0.0354. The van der Waals surface area contributed by atoms with Gasteiger partial charge in [0.05, 0.1) is 30.1 Å². The van der Waals surface area contributed by atoms with Crippen molar-refractivity contribution in [2.45, 2.75) is 49.6 Å². The second-order valence-corrected chi connectivity index (χ2v) is 7.15. The van der Waals surface area contributed by atoms with E-state index in [2.05, 4.69) is 5.32 Å². The summed E-state index contributed by atoms with van der Waals surface area (Å²) in [6.07, 6.45) is -5.62. The van der Waals surface area contributed by atoms with Crippen LogP contribution >= 0.6 is 0 Å². The lowest BCUT2D eigenvalue weighted by Gasteiger charge is -2.46. The SMILES string of the molecule is CC(=O)N[C@H]1[C@H]([C@H](O)[C@H](O)CO)O[C@@](Oc2ccc(C=C[N+](=O)[O-])cc2)(C(=O)O)C[C@@H]1O. The molecule has 1 amide bonds. The monoisotopic (exact) mass is 456 g/mol. The maximum absolute atomic E-state index is 12.1. The average molecular weight is 456 g/mol. The van der Waals surface area contributed by atoms with E-state index in [0.717, 1.165) is 13.1 Å². The molecule has 32 heavy (non-hydrogen) atoms. The first-order valence-corrected chi connectivity index (χ1v) is 9.43. The molecule has 0 unspecified atom stereocenters. The summed E-state index contributed by atoms with van der Waals surface area (Å²) in [5.41, 5.74) is 0.424. The first kappa shape index (κ1) is 25.2. The highest BCUT2D eigenvalue weighted by Gasteiger charge is 2.56. The van der Waals surface area contributed by atoms with Crippen LogP contribution in [-0.2, 0) is 14.3 Å². The van der Waals surface area contributed by atoms with Crippen LogP contribution < -0.4 is 10.1 Å². The number of rotatable bonds is 9. The molecule has 1 heterocycles. The Morgan fingerprint density at radius 3 is 2.50 bits per heavy atom. The van der Waals surface area contributed by atoms with Gasteiger partial charge in [0.1, 0.15) is 24.1 Å². The number of carboxylic acids is 1. The van der Waals surface area contributed by atoms with Crippen molar-refractivity contribution in [3.63, 3.8) is 0 Å². The Morgan fingerprint density at radius 2 is 2.00 bits per heavy atom. The average Bonchev–Trinajstić information content (AvgIpc) is 2.73. The fourth-order valence-electron chi connectivity index (χ4n) is 3.22. The van der Waals surface area contributed by atoms with Gasteiger partial charge in [-0.1, -0.05) is 12.1 Å². The third kappa shape index (κ3) is 5.99. The number of ether oxygens (including phenoxy) is 2. The Morgan fingerprint density at radius 1 is 1.38 bits per heavy atom. The molecule has 1 aromatic rings. The lowest BCUT2D eigenvalue weighted by molar-refractivity contribution is -0.400. The molecule has 2 rings (SSSR count). The van der Waals surface area contributed by atoms with Crippen molar-refractivity contribution in [2.24, 2.45) is 0 Å². The van der Waals surface area contributed by atoms with Crippen LogP contribution in [0.1, 0.15) is 18.9 Å². The molecule has 0 spiro atoms. The van der Waals surface area contributed by atoms with E-state index in [0.29, 0.717) is 5.56 Å². The number of amides is 1. The fraction of sp³-hybridized carbons (Fsp3) is 0.474. The van der Waals surface area contributed by atoms with E-state index in [4.69, 9.17) is 14.6 Å². The fourth-order valence-corrected chi connectivity index (χ4v) is 3.22. The van der Waals surface area contributed by atoms with E-state index in [-0.39, 0.29) is 5.75 Å². The Kier molecular flexibility index (Phi) is 8.24. The van der Waals surface area contributed by atoms with Gasteiger partial charge in [-0.3, -0.25) is 14.9 Å². The first-order valence-electron chi connectivity index (χ1n) is 9.43. The topological polar surface area (TPSA) is 209 Å². The van der Waals surface area contributed by atoms with Gasteiger partial charge in [0.15, 0.2) is 0 Å². The molecule has 6 atom stereocenters. The molecule has 1 aromatic carbocycles. The van der Waals surface area contributed by atoms with Gasteiger partial charge in [0.25, 0.3) is 0 Å². The van der Waals surface area contributed by atoms with Gasteiger partial charge in [-0.15, -0.1) is 0 Å². The highest BCUT2D eigenvalue weighted by molar-refractivity contribution is 5.77. The molecule has 13 nitrogen and oxygen atoms in total. The number of aliphatic carboxylic acids is 1. The predicted octanol–water partition coefficient (Wildman–Crippen LogP) is -1.54. The number of nitrogens with one attached hydrogen (secondary N) is 1. The normalized spacial score (nSPS) is 27.5. The van der Waals surface area contributed by atoms with E-state index in [1.165, 1.54) is 30.3 Å². The maximum atomic E-state index is 12.1. The third-order valence-electron chi connectivity index (χ3n) is 4.74. The molecule has 0 bridgehead atoms. The van der Waals surface area contributed by atoms with Crippen LogP contribution in [0.25, 0.3) is 6.08 Å². The minimum atomic E-state index is -2.52. The smallest absolute Gasteiger partial charge is 0.377 e. The molecule has 1 saturated heterocycles. The van der Waals surface area contributed by atoms with Gasteiger partial charge in [0.2, 0.25) is 12.1 Å². The molecule has 1 aliphatic rings. The van der Waals surface area contributed by atoms with Crippen LogP contribution in [0, 0.1) is 10.1 Å². The Balaban J connectivity index is 2.36. The summed E-state index contributed by atoms with van der Waals surface area (Å²) in [6.45, 7) is 0.229. The van der Waals surface area contributed by atoms with Crippen LogP contribution in [0.2, 0.25) is 0 Å². The number of benzene rings is 1. The molecular formula is C19H24N2O11. The highest BCUT2D eigenvalue weighted by Crippen LogP contribution is 2.34. The highest BCUT2D eigenvalue weighted by atomic mass is 16.7. The first-order chi connectivity index (χ1) is 15.0. The lowest BCUT2D eigenvalue weighted by Crippen LogP contribution is -2.68. The van der Waals surface area contributed by atoms with Crippen LogP contribution in [0.5, 0.6) is 5.75 Å². The number of aliphatic hydroxyl groups excluding tert-OH is 4. The lowest BCUT2D eigenvalue weighted by atomic mass is 9.88. The van der Waals surface area contributed by atoms with E-state index < -0.39 is 66.1 Å². The van der Waals surface area contributed by atoms with Crippen molar-refractivity contribution in [2.75, 3.05) is 6.61 Å². The largest absolute Gasteiger partial charge is 0.476 e. The molecule has 13 heteroatoms. The van der Waals surface area contributed by atoms with Gasteiger partial charge in [-0.25, -0.2) is 4.79 Å². The quantitative estimate of drug-likeness (QED) is 0.185. The van der Waals surface area contributed by atoms with Crippen LogP contribution in [-0.4, -0.2) is 85.2 Å². The number of nitro groups is 1. The van der Waals surface area contributed by atoms with Crippen molar-refractivity contribution in [1.29, 1.82) is 0 Å². The summed E-state index contributed by atoms with van der Waals surface area (Å²) >= 11 is 0. The summed E-state index contributed by atoms with van der Waals surface area (Å²) in [5, 5.41) is 62.4. The predicted molar refractivity (Wildman–Crippen MR) is 106 cm³/mol. The number of nitrogens with zero attached hydrogens (tertiary/aromatic N) is 1. The molecule has 1 aliphatic heterocycles. The van der Waals surface area contributed by atoms with Gasteiger partial charge in [0, 0.05) is 13.0 Å². The van der Waals surface area contributed by atoms with E-state index in [1.54, 1.807) is 0 Å². The Hall–Kier alpha value is -3.10. The molecule has 0 aromatic heterocycles. The number of carbonyl (C=O) groups is 2. The van der Waals surface area contributed by atoms with Crippen LogP contribution in [0.15, 0.2) is 30.5 Å². The molecule has 1 fully saturated rings. The molecule has 0 saturated carbocycles. The van der Waals surface area contributed by atoms with Crippen molar-refractivity contribution in [1.82, 2.24) is 5.32 Å². The van der Waals surface area contributed by atoms with E-state index in [1.807, 2.05) is 0 Å². The summed E-state index contributed by atoms with van der Waals surface area (Å²) in [7, 11) is 0. The zero-order valence-electron chi connectivity index (χ0n) is 16.9. The minimum Gasteiger partial charge on any atom is -0.476 e. The number of carboxylic acid groups (broad SMARTS) is 1. The number of hydrogen-bond donors (Lipinski definition) is 6. The van der Waals surface area contributed by atoms with E-state index in [9.17, 15) is 40.1 Å². The van der Waals surface area contributed by atoms with Gasteiger partial charge in [-0.2, -0.15) is 0 Å². The molecule has 0 radical (unpaired) electrons. The molecular weight excluding hydrogens is 432 g/mol. The van der Waals surface area contributed by atoms with E-state index >= 15 is 0 Å². The van der Waals surface area contributed by atoms with Crippen molar-refractivity contribution >= 4 is 18.0 Å². The third-order valence-corrected chi connectivity index (χ3v) is 4.74. The van der Waals surface area contributed by atoms with Gasteiger partial charge in [-0.05, 0) is 17.7 Å². The second kappa shape index (κ2) is 10.5. The zero-order valence-corrected chi connectivity index (χ0v) is 16.9. The summed E-state index contributed by atoms with van der Waals surface area (Å²) in [5.74, 6) is -4.83. The molecule has 6 N–H and O–H groups in total. The standard InChI is InChI=1S/C19H24N2O11/c1-10(23)20-15-13(24)8-19(18(27)28,32-17(15)16(26)14(25)9-22)31-12-4-2-11(3-5-12)6-7-21(29)30/h2-7,13-17,22,24-26H,8-9H2,1H3,(H,20,23)(H,27,28)/t13-,14+,15+,16+,17+,19+/m0/s1. The summed E-state index contributed by atoms with van der Waals surface area (Å²) in [4.78, 5) is 33.3. The van der Waals surface area contributed by atoms with Gasteiger partial charge >= 0.3 is 11.8 Å². The Bertz CT molecular complexity index is 859. The Labute approximate surface area is 181 Å². The number of hydrogen-bond acceptors (Lipinski definition) is 10. The number of aliphatic hydroxyl groups is 4. The zero-order chi connectivity index (χ0) is 24.1. The number of carbonyl (C=O) groups excluding carboxylic acids is 1. The van der Waals surface area contributed by atoms with Crippen LogP contribution in [0.4, 0.5) is 0 Å². The molecule has 0 aliphatic carbocycles. The molecule has 176 valence electrons. The summed E-state index contributed by atoms with van der Waals surface area (Å²) in [6, 6.07) is 4.13. The summed E-state index contributed by atoms with van der Waals surface area (Å²) < 4.78 is 11.0. The van der Waals surface area contributed by atoms with Gasteiger partial charge < -0.3 is 40.3 Å². The van der Waals surface area contributed by atoms with Crippen molar-refractivity contribution in [3.05, 3.63) is 46.1 Å². The maximum Gasteiger partial charge on any atom is 0.377 e. The second-order valence-electron chi connectivity index (χ2n) is 7.15. The van der Waals surface area contributed by atoms with Crippen molar-refractivity contribution in [3.8, 4) is 5.75 Å². The van der Waals surface area contributed by atoms with Crippen LogP contribution in [0.3, 0.4) is 0 Å². The van der Waals surface area contributed by atoms with Crippen molar-refractivity contribution < 1.29 is 49.5 Å².